The van der Waals surface area contributed by atoms with Crippen LogP contribution in [0.3, 0.4) is 0 Å². The lowest BCUT2D eigenvalue weighted by atomic mass is 10.0. The highest BCUT2D eigenvalue weighted by Crippen LogP contribution is 2.17. The minimum atomic E-state index is 0. The molecule has 0 bridgehead atoms. The van der Waals surface area contributed by atoms with Crippen LogP contribution in [-0.2, 0) is 12.8 Å². The van der Waals surface area contributed by atoms with Crippen LogP contribution in [0, 0.1) is 0 Å². The van der Waals surface area contributed by atoms with E-state index < -0.39 is 0 Å². The molecule has 18 heavy (non-hydrogen) atoms. The molecule has 2 rings (SSSR count). The van der Waals surface area contributed by atoms with Crippen molar-refractivity contribution in [3.63, 3.8) is 0 Å². The van der Waals surface area contributed by atoms with Crippen molar-refractivity contribution in [1.29, 1.82) is 0 Å². The first-order valence-corrected chi connectivity index (χ1v) is 5.76. The fourth-order valence-electron chi connectivity index (χ4n) is 1.87. The van der Waals surface area contributed by atoms with E-state index in [0.29, 0.717) is 0 Å². The SMILES string of the molecule is COc1cccc(CCc2ccccc2N)c1.Cl. The van der Waals surface area contributed by atoms with Gasteiger partial charge in [-0.3, -0.25) is 0 Å². The Labute approximate surface area is 114 Å². The van der Waals surface area contributed by atoms with Crippen molar-refractivity contribution >= 4 is 18.1 Å². The number of rotatable bonds is 4. The highest BCUT2D eigenvalue weighted by molar-refractivity contribution is 5.85. The Hall–Kier alpha value is -1.67. The highest BCUT2D eigenvalue weighted by Gasteiger charge is 2.00. The van der Waals surface area contributed by atoms with Crippen molar-refractivity contribution < 1.29 is 4.74 Å². The zero-order valence-electron chi connectivity index (χ0n) is 10.4. The lowest BCUT2D eigenvalue weighted by molar-refractivity contribution is 0.414. The summed E-state index contributed by atoms with van der Waals surface area (Å²) in [6, 6.07) is 16.2. The molecule has 0 saturated heterocycles. The molecule has 2 aromatic carbocycles. The number of hydrogen-bond acceptors (Lipinski definition) is 2. The van der Waals surface area contributed by atoms with Crippen LogP contribution in [0.5, 0.6) is 5.75 Å². The number of ether oxygens (including phenoxy) is 1. The second-order valence-electron chi connectivity index (χ2n) is 4.05. The van der Waals surface area contributed by atoms with Gasteiger partial charge < -0.3 is 10.5 Å². The van der Waals surface area contributed by atoms with Gasteiger partial charge in [0.25, 0.3) is 0 Å². The molecular formula is C15H18ClNO. The Morgan fingerprint density at radius 2 is 1.78 bits per heavy atom. The topological polar surface area (TPSA) is 35.2 Å². The van der Waals surface area contributed by atoms with Crippen molar-refractivity contribution in [2.75, 3.05) is 12.8 Å². The number of aryl methyl sites for hydroxylation is 2. The molecule has 96 valence electrons. The summed E-state index contributed by atoms with van der Waals surface area (Å²) in [4.78, 5) is 0. The summed E-state index contributed by atoms with van der Waals surface area (Å²) in [5, 5.41) is 0. The van der Waals surface area contributed by atoms with Crippen LogP contribution >= 0.6 is 12.4 Å². The van der Waals surface area contributed by atoms with Crippen LogP contribution in [0.25, 0.3) is 0 Å². The smallest absolute Gasteiger partial charge is 0.119 e. The van der Waals surface area contributed by atoms with Crippen LogP contribution in [0.15, 0.2) is 48.5 Å². The summed E-state index contributed by atoms with van der Waals surface area (Å²) in [5.74, 6) is 0.906. The fraction of sp³-hybridized carbons (Fsp3) is 0.200. The molecular weight excluding hydrogens is 246 g/mol. The maximum absolute atomic E-state index is 5.92. The molecule has 2 nitrogen and oxygen atoms in total. The second kappa shape index (κ2) is 6.92. The molecule has 0 aromatic heterocycles. The van der Waals surface area contributed by atoms with Crippen LogP contribution in [-0.4, -0.2) is 7.11 Å². The van der Waals surface area contributed by atoms with Gasteiger partial charge in [-0.05, 0) is 42.2 Å². The highest BCUT2D eigenvalue weighted by atomic mass is 35.5. The summed E-state index contributed by atoms with van der Waals surface area (Å²) < 4.78 is 5.21. The van der Waals surface area contributed by atoms with Gasteiger partial charge in [0.05, 0.1) is 7.11 Å². The maximum atomic E-state index is 5.92. The molecule has 0 unspecified atom stereocenters. The van der Waals surface area contributed by atoms with E-state index in [-0.39, 0.29) is 12.4 Å². The zero-order valence-corrected chi connectivity index (χ0v) is 11.2. The first-order valence-electron chi connectivity index (χ1n) is 5.76. The number of para-hydroxylation sites is 1. The third-order valence-corrected chi connectivity index (χ3v) is 2.87. The summed E-state index contributed by atoms with van der Waals surface area (Å²) in [6.45, 7) is 0. The maximum Gasteiger partial charge on any atom is 0.119 e. The molecule has 2 aromatic rings. The molecule has 0 amide bonds. The number of hydrogen-bond donors (Lipinski definition) is 1. The van der Waals surface area contributed by atoms with Crippen molar-refractivity contribution in [3.8, 4) is 5.75 Å². The van der Waals surface area contributed by atoms with Gasteiger partial charge in [0.2, 0.25) is 0 Å². The molecule has 0 atom stereocenters. The molecule has 0 aliphatic rings. The van der Waals surface area contributed by atoms with Crippen molar-refractivity contribution in [3.05, 3.63) is 59.7 Å². The molecule has 3 heteroatoms. The number of halogens is 1. The average molecular weight is 264 g/mol. The first-order chi connectivity index (χ1) is 8.29. The predicted octanol–water partition coefficient (Wildman–Crippen LogP) is 3.48. The number of methoxy groups -OCH3 is 1. The Bertz CT molecular complexity index is 499. The molecule has 0 aliphatic carbocycles. The van der Waals surface area contributed by atoms with Crippen molar-refractivity contribution in [2.45, 2.75) is 12.8 Å². The van der Waals surface area contributed by atoms with Gasteiger partial charge >= 0.3 is 0 Å². The average Bonchev–Trinajstić information content (AvgIpc) is 2.38. The quantitative estimate of drug-likeness (QED) is 0.857. The van der Waals surface area contributed by atoms with Gasteiger partial charge in [-0.1, -0.05) is 30.3 Å². The first kappa shape index (κ1) is 14.4. The fourth-order valence-corrected chi connectivity index (χ4v) is 1.87. The molecule has 0 heterocycles. The van der Waals surface area contributed by atoms with E-state index in [2.05, 4.69) is 18.2 Å². The minimum Gasteiger partial charge on any atom is -0.497 e. The van der Waals surface area contributed by atoms with Crippen LogP contribution in [0.4, 0.5) is 5.69 Å². The van der Waals surface area contributed by atoms with Gasteiger partial charge in [0.15, 0.2) is 0 Å². The van der Waals surface area contributed by atoms with E-state index in [9.17, 15) is 0 Å². The zero-order chi connectivity index (χ0) is 12.1. The Morgan fingerprint density at radius 3 is 2.50 bits per heavy atom. The van der Waals surface area contributed by atoms with Crippen molar-refractivity contribution in [1.82, 2.24) is 0 Å². The van der Waals surface area contributed by atoms with E-state index in [0.717, 1.165) is 24.3 Å². The Balaban J connectivity index is 0.00000162. The van der Waals surface area contributed by atoms with Crippen molar-refractivity contribution in [2.24, 2.45) is 0 Å². The number of nitrogens with two attached hydrogens (primary N) is 1. The Morgan fingerprint density at radius 1 is 1.00 bits per heavy atom. The van der Waals surface area contributed by atoms with E-state index >= 15 is 0 Å². The standard InChI is InChI=1S/C15H17NO.ClH/c1-17-14-7-4-5-12(11-14)9-10-13-6-2-3-8-15(13)16;/h2-8,11H,9-10,16H2,1H3;1H. The third-order valence-electron chi connectivity index (χ3n) is 2.87. The lowest BCUT2D eigenvalue weighted by Crippen LogP contribution is -1.97. The summed E-state index contributed by atoms with van der Waals surface area (Å²) in [6.07, 6.45) is 1.94. The van der Waals surface area contributed by atoms with E-state index in [1.807, 2.05) is 30.3 Å². The number of benzene rings is 2. The largest absolute Gasteiger partial charge is 0.497 e. The van der Waals surface area contributed by atoms with Crippen LogP contribution < -0.4 is 10.5 Å². The van der Waals surface area contributed by atoms with Gasteiger partial charge in [0.1, 0.15) is 5.75 Å². The summed E-state index contributed by atoms with van der Waals surface area (Å²) >= 11 is 0. The van der Waals surface area contributed by atoms with E-state index in [1.165, 1.54) is 11.1 Å². The lowest BCUT2D eigenvalue weighted by Gasteiger charge is -2.06. The molecule has 0 fully saturated rings. The van der Waals surface area contributed by atoms with Gasteiger partial charge in [-0.15, -0.1) is 12.4 Å². The van der Waals surface area contributed by atoms with Gasteiger partial charge in [-0.25, -0.2) is 0 Å². The number of anilines is 1. The normalized spacial score (nSPS) is 9.61. The van der Waals surface area contributed by atoms with Gasteiger partial charge in [0, 0.05) is 5.69 Å². The number of nitrogen functional groups attached to an aromatic ring is 1. The van der Waals surface area contributed by atoms with Gasteiger partial charge in [-0.2, -0.15) is 0 Å². The monoisotopic (exact) mass is 263 g/mol. The molecule has 0 spiro atoms. The van der Waals surface area contributed by atoms with E-state index in [4.69, 9.17) is 10.5 Å². The molecule has 0 aliphatic heterocycles. The van der Waals surface area contributed by atoms with Crippen LogP contribution in [0.2, 0.25) is 0 Å². The Kier molecular flexibility index (Phi) is 5.53. The molecule has 0 radical (unpaired) electrons. The minimum absolute atomic E-state index is 0. The molecule has 0 saturated carbocycles. The van der Waals surface area contributed by atoms with Crippen LogP contribution in [0.1, 0.15) is 11.1 Å². The van der Waals surface area contributed by atoms with E-state index in [1.54, 1.807) is 7.11 Å². The summed E-state index contributed by atoms with van der Waals surface area (Å²) in [5.41, 5.74) is 9.26. The predicted molar refractivity (Wildman–Crippen MR) is 78.5 cm³/mol. The second-order valence-corrected chi connectivity index (χ2v) is 4.05. The summed E-state index contributed by atoms with van der Waals surface area (Å²) in [7, 11) is 1.69. The third kappa shape index (κ3) is 3.67. The molecule has 2 N–H and O–H groups in total.